The van der Waals surface area contributed by atoms with Gasteiger partial charge in [-0.05, 0) is 125 Å². The summed E-state index contributed by atoms with van der Waals surface area (Å²) in [5.41, 5.74) is -0.385. The SMILES string of the molecule is CC(C)(C)OC(=O)CN1CCN(CC(=O)OC(C)(C)C)CCN(CC(=O)OC(C)(C)C)C(Cc2ccc(CCC(=O)NCCOCCOCCOCCOCCOCCNC(=O)CNC(=O)[C@H](Cc3ccccc3)NC(=O)CNC(=O)CNC(=O)CCCCC(=O)Oc3c(F)c(F)cc(F)c3F)cc2)CN(CC(=O)OC(C)(C)C)CC1. The van der Waals surface area contributed by atoms with E-state index in [1.165, 1.54) is 0 Å². The van der Waals surface area contributed by atoms with Crippen LogP contribution in [-0.2, 0) is 115 Å². The van der Waals surface area contributed by atoms with E-state index in [-0.39, 0.29) is 109 Å². The maximum atomic E-state index is 13.8. The van der Waals surface area contributed by atoms with Crippen molar-refractivity contribution in [2.75, 3.05) is 171 Å². The van der Waals surface area contributed by atoms with Crippen LogP contribution in [0.2, 0.25) is 0 Å². The molecule has 1 heterocycles. The highest BCUT2D eigenvalue weighted by Crippen LogP contribution is 2.27. The highest BCUT2D eigenvalue weighted by atomic mass is 19.2. The molecule has 1 aliphatic heterocycles. The van der Waals surface area contributed by atoms with Crippen LogP contribution in [0.15, 0.2) is 60.7 Å². The lowest BCUT2D eigenvalue weighted by Gasteiger charge is -2.39. The van der Waals surface area contributed by atoms with E-state index in [2.05, 4.69) is 41.5 Å². The number of unbranched alkanes of at least 4 members (excludes halogenated alkanes) is 1. The minimum Gasteiger partial charge on any atom is -0.459 e. The van der Waals surface area contributed by atoms with Gasteiger partial charge in [-0.2, -0.15) is 8.78 Å². The van der Waals surface area contributed by atoms with Gasteiger partial charge in [-0.1, -0.05) is 54.6 Å². The van der Waals surface area contributed by atoms with E-state index >= 15 is 0 Å². The fourth-order valence-corrected chi connectivity index (χ4v) is 11.3. The number of carbonyl (C=O) groups excluding carboxylic acids is 11. The van der Waals surface area contributed by atoms with Crippen LogP contribution in [0.4, 0.5) is 17.6 Å². The number of ether oxygens (including phenoxy) is 10. The molecule has 1 unspecified atom stereocenters. The molecule has 650 valence electrons. The molecule has 2 atom stereocenters. The lowest BCUT2D eigenvalue weighted by Crippen LogP contribution is -2.54. The molecule has 1 aliphatic rings. The lowest BCUT2D eigenvalue weighted by atomic mass is 10.0. The zero-order chi connectivity index (χ0) is 85.9. The van der Waals surface area contributed by atoms with Crippen LogP contribution in [0.3, 0.4) is 0 Å². The minimum absolute atomic E-state index is 0.0215. The molecule has 31 nitrogen and oxygen atoms in total. The van der Waals surface area contributed by atoms with Crippen LogP contribution in [0.1, 0.15) is 132 Å². The number of rotatable bonds is 47. The third kappa shape index (κ3) is 46.2. The summed E-state index contributed by atoms with van der Waals surface area (Å²) >= 11 is 0. The van der Waals surface area contributed by atoms with Crippen molar-refractivity contribution in [1.29, 1.82) is 0 Å². The van der Waals surface area contributed by atoms with E-state index in [0.29, 0.717) is 110 Å². The molecular formula is C81H122F4N10O21. The molecule has 35 heteroatoms. The third-order valence-corrected chi connectivity index (χ3v) is 16.6. The van der Waals surface area contributed by atoms with Crippen molar-refractivity contribution in [2.45, 2.75) is 169 Å². The van der Waals surface area contributed by atoms with E-state index in [9.17, 15) is 70.3 Å². The Kier molecular flexibility index (Phi) is 44.7. The molecule has 0 aliphatic carbocycles. The number of nitrogens with one attached hydrogen (secondary N) is 6. The zero-order valence-electron chi connectivity index (χ0n) is 69.3. The van der Waals surface area contributed by atoms with Crippen LogP contribution < -0.4 is 36.6 Å². The Morgan fingerprint density at radius 3 is 1.31 bits per heavy atom. The van der Waals surface area contributed by atoms with Gasteiger partial charge in [0.1, 0.15) is 28.4 Å². The van der Waals surface area contributed by atoms with E-state index in [1.54, 1.807) is 51.1 Å². The topological polar surface area (TPSA) is 365 Å². The molecule has 0 bridgehead atoms. The molecule has 3 aromatic carbocycles. The second-order valence-electron chi connectivity index (χ2n) is 31.6. The summed E-state index contributed by atoms with van der Waals surface area (Å²) in [5.74, 6) is -15.1. The summed E-state index contributed by atoms with van der Waals surface area (Å²) in [5, 5.41) is 15.2. The molecule has 3 aromatic rings. The molecule has 0 radical (unpaired) electrons. The van der Waals surface area contributed by atoms with Gasteiger partial charge >= 0.3 is 29.8 Å². The second kappa shape index (κ2) is 52.1. The van der Waals surface area contributed by atoms with Gasteiger partial charge in [0.15, 0.2) is 11.6 Å². The highest BCUT2D eigenvalue weighted by molar-refractivity contribution is 5.93. The van der Waals surface area contributed by atoms with Gasteiger partial charge in [0, 0.05) is 96.7 Å². The number of nitrogens with zero attached hydrogens (tertiary/aromatic N) is 4. The first-order valence-corrected chi connectivity index (χ1v) is 39.1. The minimum atomic E-state index is -1.88. The molecule has 0 aromatic heterocycles. The lowest BCUT2D eigenvalue weighted by molar-refractivity contribution is -0.160. The van der Waals surface area contributed by atoms with Crippen LogP contribution in [0.25, 0.3) is 0 Å². The Labute approximate surface area is 677 Å². The molecule has 0 saturated carbocycles. The number of esters is 5. The molecular weight excluding hydrogens is 1520 g/mol. The quantitative estimate of drug-likeness (QED) is 0.0115. The summed E-state index contributed by atoms with van der Waals surface area (Å²) in [6.07, 6.45) is 0.591. The molecule has 4 rings (SSSR count). The number of hydrogen-bond acceptors (Lipinski definition) is 25. The first kappa shape index (κ1) is 99.5. The Morgan fingerprint density at radius 2 is 0.810 bits per heavy atom. The van der Waals surface area contributed by atoms with E-state index < -0.39 is 143 Å². The first-order chi connectivity index (χ1) is 54.7. The van der Waals surface area contributed by atoms with Crippen LogP contribution in [0.5, 0.6) is 5.75 Å². The number of amides is 6. The summed E-state index contributed by atoms with van der Waals surface area (Å²) in [4.78, 5) is 150. The largest absolute Gasteiger partial charge is 0.459 e. The van der Waals surface area contributed by atoms with Gasteiger partial charge in [-0.15, -0.1) is 0 Å². The Hall–Kier alpha value is -8.81. The fourth-order valence-electron chi connectivity index (χ4n) is 11.3. The average Bonchev–Trinajstić information content (AvgIpc) is 0.824. The maximum Gasteiger partial charge on any atom is 0.320 e. The standard InChI is InChI=1S/C81H122F4N10O21/c1-78(2,3)113-70(102)53-92-30-31-93(54-71(103)114-79(4,5)6)34-35-95(56-73(105)116-81(10,11)12)60(52-94(33-32-92)55-72(104)115-80(7,8)9)46-59-24-22-57(23-25-59)26-27-65(97)86-28-36-107-38-40-109-42-44-111-45-43-110-41-39-108-37-29-87-66(98)50-90-77(106)63(47-58-18-14-13-15-19-58)91-68(100)51-89-67(99)49-88-64(96)20-16-17-21-69(101)112-76-74(84)61(82)48-62(83)75(76)85/h13-15,18-19,22-25,48,60,63H,16-17,20-21,26-47,49-56H2,1-12H3,(H,86,97)(H,87,98)(H,88,96)(H,89,99)(H,90,106)(H,91,100)/t60?,63-/m0/s1. The molecule has 6 amide bonds. The Balaban J connectivity index is 1.09. The van der Waals surface area contributed by atoms with Gasteiger partial charge in [0.25, 0.3) is 0 Å². The van der Waals surface area contributed by atoms with Crippen LogP contribution in [-0.4, -0.2) is 290 Å². The summed E-state index contributed by atoms with van der Waals surface area (Å²) in [6, 6.07) is 15.1. The Morgan fingerprint density at radius 1 is 0.414 bits per heavy atom. The van der Waals surface area contributed by atoms with Gasteiger partial charge in [-0.25, -0.2) is 8.78 Å². The molecule has 0 spiro atoms. The van der Waals surface area contributed by atoms with Gasteiger partial charge in [-0.3, -0.25) is 72.3 Å². The predicted octanol–water partition coefficient (Wildman–Crippen LogP) is 4.23. The summed E-state index contributed by atoms with van der Waals surface area (Å²) < 4.78 is 110. The van der Waals surface area contributed by atoms with Crippen molar-refractivity contribution in [3.63, 3.8) is 0 Å². The highest BCUT2D eigenvalue weighted by Gasteiger charge is 2.33. The van der Waals surface area contributed by atoms with Gasteiger partial charge < -0.3 is 79.3 Å². The monoisotopic (exact) mass is 1650 g/mol. The molecule has 6 N–H and O–H groups in total. The number of hydrogen-bond donors (Lipinski definition) is 6. The van der Waals surface area contributed by atoms with E-state index in [4.69, 9.17) is 42.6 Å². The number of benzene rings is 3. The van der Waals surface area contributed by atoms with Crippen molar-refractivity contribution in [1.82, 2.24) is 51.5 Å². The number of halogens is 4. The normalized spacial score (nSPS) is 14.7. The maximum absolute atomic E-state index is 13.8. The molecule has 1 fully saturated rings. The van der Waals surface area contributed by atoms with Crippen molar-refractivity contribution in [3.05, 3.63) is 101 Å². The fraction of sp³-hybridized carbons (Fsp3) is 0.642. The average molecular weight is 1650 g/mol. The van der Waals surface area contributed by atoms with E-state index in [1.807, 2.05) is 101 Å². The number of aryl methyl sites for hydroxylation is 1. The van der Waals surface area contributed by atoms with Gasteiger partial charge in [0.2, 0.25) is 52.8 Å². The first-order valence-electron chi connectivity index (χ1n) is 39.1. The van der Waals surface area contributed by atoms with Crippen molar-refractivity contribution >= 4 is 65.3 Å². The summed E-state index contributed by atoms with van der Waals surface area (Å²) in [6.45, 7) is 25.7. The third-order valence-electron chi connectivity index (χ3n) is 16.6. The summed E-state index contributed by atoms with van der Waals surface area (Å²) in [7, 11) is 0. The van der Waals surface area contributed by atoms with Crippen molar-refractivity contribution < 1.29 is 118 Å². The second-order valence-corrected chi connectivity index (χ2v) is 31.6. The number of carbonyl (C=O) groups is 11. The predicted molar refractivity (Wildman–Crippen MR) is 418 cm³/mol. The van der Waals surface area contributed by atoms with E-state index in [0.717, 1.165) is 11.1 Å². The van der Waals surface area contributed by atoms with Crippen molar-refractivity contribution in [2.24, 2.45) is 0 Å². The Bertz CT molecular complexity index is 3550. The smallest absolute Gasteiger partial charge is 0.320 e. The van der Waals surface area contributed by atoms with Crippen molar-refractivity contribution in [3.8, 4) is 5.75 Å². The van der Waals surface area contributed by atoms with Crippen LogP contribution >= 0.6 is 0 Å². The molecule has 1 saturated heterocycles. The van der Waals surface area contributed by atoms with Gasteiger partial charge in [0.05, 0.1) is 112 Å². The zero-order valence-corrected chi connectivity index (χ0v) is 69.3. The van der Waals surface area contributed by atoms with Crippen LogP contribution in [0, 0.1) is 23.3 Å². The molecule has 116 heavy (non-hydrogen) atoms.